The number of methoxy groups -OCH3 is 4. The Morgan fingerprint density at radius 2 is 1.48 bits per heavy atom. The number of carbonyl (C=O) groups is 1. The predicted molar refractivity (Wildman–Crippen MR) is 101 cm³/mol. The molecule has 0 saturated heterocycles. The van der Waals surface area contributed by atoms with Crippen molar-refractivity contribution in [2.45, 2.75) is 19.6 Å². The third-order valence-corrected chi connectivity index (χ3v) is 3.98. The zero-order valence-electron chi connectivity index (χ0n) is 16.2. The van der Waals surface area contributed by atoms with E-state index in [1.165, 1.54) is 14.2 Å². The largest absolute Gasteiger partial charge is 0.497 e. The Labute approximate surface area is 159 Å². The molecule has 0 unspecified atom stereocenters. The van der Waals surface area contributed by atoms with E-state index < -0.39 is 6.10 Å². The molecule has 27 heavy (non-hydrogen) atoms. The van der Waals surface area contributed by atoms with Gasteiger partial charge in [-0.1, -0.05) is 0 Å². The molecule has 7 nitrogen and oxygen atoms in total. The van der Waals surface area contributed by atoms with Crippen LogP contribution in [-0.2, 0) is 11.3 Å². The summed E-state index contributed by atoms with van der Waals surface area (Å²) in [4.78, 5) is 12.4. The maximum Gasteiger partial charge on any atom is 0.261 e. The molecule has 0 radical (unpaired) electrons. The van der Waals surface area contributed by atoms with E-state index in [1.807, 2.05) is 6.07 Å². The summed E-state index contributed by atoms with van der Waals surface area (Å²) < 4.78 is 26.8. The molecule has 0 aliphatic heterocycles. The third-order valence-electron chi connectivity index (χ3n) is 3.98. The average molecular weight is 375 g/mol. The molecule has 1 amide bonds. The summed E-state index contributed by atoms with van der Waals surface area (Å²) in [6.45, 7) is 1.95. The lowest BCUT2D eigenvalue weighted by Gasteiger charge is -2.18. The first-order valence-corrected chi connectivity index (χ1v) is 8.40. The van der Waals surface area contributed by atoms with Crippen molar-refractivity contribution in [3.63, 3.8) is 0 Å². The smallest absolute Gasteiger partial charge is 0.261 e. The molecule has 0 spiro atoms. The summed E-state index contributed by atoms with van der Waals surface area (Å²) >= 11 is 0. The second-order valence-corrected chi connectivity index (χ2v) is 5.65. The highest BCUT2D eigenvalue weighted by Gasteiger charge is 2.18. The van der Waals surface area contributed by atoms with Gasteiger partial charge in [0.1, 0.15) is 11.5 Å². The summed E-state index contributed by atoms with van der Waals surface area (Å²) in [5.74, 6) is 2.61. The van der Waals surface area contributed by atoms with Crippen LogP contribution in [0.4, 0.5) is 0 Å². The molecular weight excluding hydrogens is 350 g/mol. The van der Waals surface area contributed by atoms with Crippen LogP contribution in [0.25, 0.3) is 0 Å². The fourth-order valence-electron chi connectivity index (χ4n) is 2.54. The molecule has 0 bridgehead atoms. The molecule has 1 N–H and O–H groups in total. The van der Waals surface area contributed by atoms with Crippen molar-refractivity contribution < 1.29 is 28.5 Å². The SMILES string of the molecule is COc1ccc(O[C@@H](C)C(=O)NCc2ccc(OC)c(OC)c2OC)cc1. The first-order valence-electron chi connectivity index (χ1n) is 8.40. The van der Waals surface area contributed by atoms with E-state index in [0.717, 1.165) is 11.3 Å². The number of nitrogens with one attached hydrogen (secondary N) is 1. The van der Waals surface area contributed by atoms with Gasteiger partial charge in [0.2, 0.25) is 5.75 Å². The number of benzene rings is 2. The lowest BCUT2D eigenvalue weighted by Crippen LogP contribution is -2.36. The molecule has 0 fully saturated rings. The molecule has 146 valence electrons. The Balaban J connectivity index is 2.01. The van der Waals surface area contributed by atoms with E-state index >= 15 is 0 Å². The number of ether oxygens (including phenoxy) is 5. The van der Waals surface area contributed by atoms with Crippen molar-refractivity contribution in [2.75, 3.05) is 28.4 Å². The van der Waals surface area contributed by atoms with Crippen molar-refractivity contribution >= 4 is 5.91 Å². The molecule has 7 heteroatoms. The molecule has 2 rings (SSSR count). The number of rotatable bonds is 9. The van der Waals surface area contributed by atoms with E-state index in [4.69, 9.17) is 23.7 Å². The second kappa shape index (κ2) is 9.56. The minimum Gasteiger partial charge on any atom is -0.497 e. The van der Waals surface area contributed by atoms with E-state index in [0.29, 0.717) is 23.0 Å². The van der Waals surface area contributed by atoms with Crippen molar-refractivity contribution in [3.05, 3.63) is 42.0 Å². The van der Waals surface area contributed by atoms with Crippen LogP contribution in [0, 0.1) is 0 Å². The van der Waals surface area contributed by atoms with Crippen molar-refractivity contribution in [1.82, 2.24) is 5.32 Å². The molecule has 0 heterocycles. The van der Waals surface area contributed by atoms with Gasteiger partial charge >= 0.3 is 0 Å². The number of carbonyl (C=O) groups excluding carboxylic acids is 1. The normalized spacial score (nSPS) is 11.3. The minimum atomic E-state index is -0.662. The minimum absolute atomic E-state index is 0.248. The fraction of sp³-hybridized carbons (Fsp3) is 0.350. The van der Waals surface area contributed by atoms with Gasteiger partial charge in [0.25, 0.3) is 5.91 Å². The van der Waals surface area contributed by atoms with Gasteiger partial charge in [-0.05, 0) is 43.3 Å². The zero-order chi connectivity index (χ0) is 19.8. The molecule has 1 atom stereocenters. The van der Waals surface area contributed by atoms with Gasteiger partial charge in [-0.25, -0.2) is 0 Å². The average Bonchev–Trinajstić information content (AvgIpc) is 2.71. The molecule has 2 aromatic rings. The highest BCUT2D eigenvalue weighted by molar-refractivity contribution is 5.80. The topological polar surface area (TPSA) is 75.3 Å². The molecule has 2 aromatic carbocycles. The predicted octanol–water partition coefficient (Wildman–Crippen LogP) is 2.80. The summed E-state index contributed by atoms with van der Waals surface area (Å²) in [7, 11) is 6.22. The maximum absolute atomic E-state index is 12.4. The molecule has 0 saturated carbocycles. The Bertz CT molecular complexity index is 760. The summed E-state index contributed by atoms with van der Waals surface area (Å²) in [5, 5.41) is 2.84. The maximum atomic E-state index is 12.4. The molecule has 0 aromatic heterocycles. The van der Waals surface area contributed by atoms with Crippen molar-refractivity contribution in [1.29, 1.82) is 0 Å². The Hall–Kier alpha value is -3.09. The van der Waals surface area contributed by atoms with Crippen LogP contribution in [0.3, 0.4) is 0 Å². The monoisotopic (exact) mass is 375 g/mol. The Morgan fingerprint density at radius 3 is 2.04 bits per heavy atom. The van der Waals surface area contributed by atoms with Crippen LogP contribution in [0.5, 0.6) is 28.7 Å². The quantitative estimate of drug-likeness (QED) is 0.726. The van der Waals surface area contributed by atoms with Gasteiger partial charge in [-0.3, -0.25) is 4.79 Å². The van der Waals surface area contributed by atoms with Crippen molar-refractivity contribution in [3.8, 4) is 28.7 Å². The van der Waals surface area contributed by atoms with Crippen LogP contribution in [0.1, 0.15) is 12.5 Å². The first-order chi connectivity index (χ1) is 13.0. The van der Waals surface area contributed by atoms with E-state index in [2.05, 4.69) is 5.32 Å². The summed E-state index contributed by atoms with van der Waals surface area (Å²) in [6.07, 6.45) is -0.662. The lowest BCUT2D eigenvalue weighted by atomic mass is 10.1. The van der Waals surface area contributed by atoms with Gasteiger partial charge in [0.15, 0.2) is 17.6 Å². The molecular formula is C20H25NO6. The van der Waals surface area contributed by atoms with Crippen LogP contribution in [0.15, 0.2) is 36.4 Å². The molecule has 0 aliphatic carbocycles. The van der Waals surface area contributed by atoms with Gasteiger partial charge in [-0.2, -0.15) is 0 Å². The second-order valence-electron chi connectivity index (χ2n) is 5.65. The zero-order valence-corrected chi connectivity index (χ0v) is 16.2. The van der Waals surface area contributed by atoms with Crippen LogP contribution < -0.4 is 29.0 Å². The Kier molecular flexibility index (Phi) is 7.16. The van der Waals surface area contributed by atoms with Gasteiger partial charge in [0, 0.05) is 12.1 Å². The van der Waals surface area contributed by atoms with E-state index in [-0.39, 0.29) is 12.5 Å². The van der Waals surface area contributed by atoms with Gasteiger partial charge < -0.3 is 29.0 Å². The number of hydrogen-bond donors (Lipinski definition) is 1. The highest BCUT2D eigenvalue weighted by atomic mass is 16.5. The standard InChI is InChI=1S/C20H25NO6/c1-13(27-16-9-7-15(23-2)8-10-16)20(22)21-12-14-6-11-17(24-3)19(26-5)18(14)25-4/h6-11,13H,12H2,1-5H3,(H,21,22)/t13-/m0/s1. The summed E-state index contributed by atoms with van der Waals surface area (Å²) in [6, 6.07) is 10.6. The van der Waals surface area contributed by atoms with E-state index in [9.17, 15) is 4.79 Å². The first kappa shape index (κ1) is 20.2. The Morgan fingerprint density at radius 1 is 0.852 bits per heavy atom. The third kappa shape index (κ3) is 4.97. The fourth-order valence-corrected chi connectivity index (χ4v) is 2.54. The molecule has 0 aliphatic rings. The van der Waals surface area contributed by atoms with Crippen LogP contribution in [0.2, 0.25) is 0 Å². The highest BCUT2D eigenvalue weighted by Crippen LogP contribution is 2.39. The number of amides is 1. The number of hydrogen-bond acceptors (Lipinski definition) is 6. The van der Waals surface area contributed by atoms with Crippen LogP contribution >= 0.6 is 0 Å². The van der Waals surface area contributed by atoms with Crippen molar-refractivity contribution in [2.24, 2.45) is 0 Å². The van der Waals surface area contributed by atoms with E-state index in [1.54, 1.807) is 51.5 Å². The van der Waals surface area contributed by atoms with Gasteiger partial charge in [-0.15, -0.1) is 0 Å². The van der Waals surface area contributed by atoms with Crippen LogP contribution in [-0.4, -0.2) is 40.5 Å². The van der Waals surface area contributed by atoms with Gasteiger partial charge in [0.05, 0.1) is 28.4 Å². The summed E-state index contributed by atoms with van der Waals surface area (Å²) in [5.41, 5.74) is 0.764. The lowest BCUT2D eigenvalue weighted by molar-refractivity contribution is -0.127.